The molecular weight excluding hydrogens is 316 g/mol. The van der Waals surface area contributed by atoms with Crippen molar-refractivity contribution in [2.45, 2.75) is 129 Å². The molecule has 0 aliphatic heterocycles. The third kappa shape index (κ3) is 15.6. The topological polar surface area (TPSA) is 37.3 Å². The van der Waals surface area contributed by atoms with Gasteiger partial charge < -0.3 is 4.55 Å². The van der Waals surface area contributed by atoms with E-state index in [9.17, 15) is 8.76 Å². The smallest absolute Gasteiger partial charge is 0.156 e. The SMILES string of the molecule is CCCCCCCCCCCCCCCCCC(C(C)C)S(=O)O. The lowest BCUT2D eigenvalue weighted by Crippen LogP contribution is -2.21. The summed E-state index contributed by atoms with van der Waals surface area (Å²) < 4.78 is 20.5. The standard InChI is InChI=1S/C21H44O2S/c1-4-5-6-7-8-9-10-11-12-13-14-15-16-17-18-19-21(20(2)3)24(22)23/h20-21H,4-19H2,1-3H3,(H,22,23). The minimum absolute atomic E-state index is 0.0352. The molecule has 3 heteroatoms. The van der Waals surface area contributed by atoms with Gasteiger partial charge in [0.05, 0.1) is 5.25 Å². The highest BCUT2D eigenvalue weighted by Gasteiger charge is 2.18. The fraction of sp³-hybridized carbons (Fsp3) is 1.00. The van der Waals surface area contributed by atoms with Crippen molar-refractivity contribution in [3.05, 3.63) is 0 Å². The van der Waals surface area contributed by atoms with Crippen molar-refractivity contribution >= 4 is 11.1 Å². The van der Waals surface area contributed by atoms with Crippen molar-refractivity contribution < 1.29 is 8.76 Å². The minimum Gasteiger partial charge on any atom is -0.306 e. The first-order valence-electron chi connectivity index (χ1n) is 10.7. The average Bonchev–Trinajstić information content (AvgIpc) is 2.53. The molecule has 0 amide bonds. The van der Waals surface area contributed by atoms with E-state index in [1.807, 2.05) is 13.8 Å². The van der Waals surface area contributed by atoms with E-state index >= 15 is 0 Å². The van der Waals surface area contributed by atoms with Gasteiger partial charge in [0, 0.05) is 0 Å². The van der Waals surface area contributed by atoms with Crippen LogP contribution in [0.4, 0.5) is 0 Å². The number of rotatable bonds is 18. The monoisotopic (exact) mass is 360 g/mol. The van der Waals surface area contributed by atoms with Gasteiger partial charge in [-0.15, -0.1) is 0 Å². The Hall–Kier alpha value is 0.110. The predicted molar refractivity (Wildman–Crippen MR) is 109 cm³/mol. The van der Waals surface area contributed by atoms with E-state index in [0.717, 1.165) is 12.8 Å². The third-order valence-electron chi connectivity index (χ3n) is 5.09. The first-order valence-corrected chi connectivity index (χ1v) is 11.9. The third-order valence-corrected chi connectivity index (χ3v) is 6.39. The Morgan fingerprint density at radius 3 is 1.29 bits per heavy atom. The molecule has 1 N–H and O–H groups in total. The van der Waals surface area contributed by atoms with Gasteiger partial charge in [0.2, 0.25) is 0 Å². The fourth-order valence-electron chi connectivity index (χ4n) is 3.38. The van der Waals surface area contributed by atoms with Gasteiger partial charge in [-0.05, 0) is 12.3 Å². The zero-order chi connectivity index (χ0) is 18.0. The van der Waals surface area contributed by atoms with Crippen LogP contribution >= 0.6 is 0 Å². The van der Waals surface area contributed by atoms with Crippen LogP contribution in [0.1, 0.15) is 124 Å². The molecule has 0 saturated carbocycles. The van der Waals surface area contributed by atoms with Gasteiger partial charge in [-0.3, -0.25) is 0 Å². The highest BCUT2D eigenvalue weighted by Crippen LogP contribution is 2.18. The van der Waals surface area contributed by atoms with E-state index in [0.29, 0.717) is 5.92 Å². The summed E-state index contributed by atoms with van der Waals surface area (Å²) in [7, 11) is 0. The lowest BCUT2D eigenvalue weighted by molar-refractivity contribution is 0.471. The molecule has 2 unspecified atom stereocenters. The second kappa shape index (κ2) is 17.9. The van der Waals surface area contributed by atoms with E-state index in [-0.39, 0.29) is 5.25 Å². The van der Waals surface area contributed by atoms with Crippen LogP contribution in [0.3, 0.4) is 0 Å². The van der Waals surface area contributed by atoms with Crippen LogP contribution < -0.4 is 0 Å². The van der Waals surface area contributed by atoms with Crippen LogP contribution in [-0.2, 0) is 11.1 Å². The van der Waals surface area contributed by atoms with Crippen molar-refractivity contribution in [2.75, 3.05) is 0 Å². The zero-order valence-electron chi connectivity index (χ0n) is 16.7. The van der Waals surface area contributed by atoms with Crippen molar-refractivity contribution in [3.8, 4) is 0 Å². The minimum atomic E-state index is -1.65. The highest BCUT2D eigenvalue weighted by molar-refractivity contribution is 7.79. The largest absolute Gasteiger partial charge is 0.306 e. The van der Waals surface area contributed by atoms with Gasteiger partial charge in [-0.2, -0.15) is 0 Å². The van der Waals surface area contributed by atoms with Crippen molar-refractivity contribution in [1.29, 1.82) is 0 Å². The Kier molecular flexibility index (Phi) is 18.0. The van der Waals surface area contributed by atoms with Crippen molar-refractivity contribution in [3.63, 3.8) is 0 Å². The van der Waals surface area contributed by atoms with E-state index in [2.05, 4.69) is 6.92 Å². The number of hydrogen-bond acceptors (Lipinski definition) is 1. The molecule has 0 saturated heterocycles. The second-order valence-electron chi connectivity index (χ2n) is 7.80. The molecule has 0 aromatic rings. The molecule has 146 valence electrons. The molecule has 0 radical (unpaired) electrons. The Balaban J connectivity index is 3.21. The summed E-state index contributed by atoms with van der Waals surface area (Å²) in [6, 6.07) is 0. The molecule has 0 bridgehead atoms. The van der Waals surface area contributed by atoms with Crippen LogP contribution in [0, 0.1) is 5.92 Å². The lowest BCUT2D eigenvalue weighted by Gasteiger charge is -2.16. The molecular formula is C21H44O2S. The molecule has 0 aliphatic carbocycles. The summed E-state index contributed by atoms with van der Waals surface area (Å²) in [6.45, 7) is 6.37. The maximum absolute atomic E-state index is 11.2. The summed E-state index contributed by atoms with van der Waals surface area (Å²) in [5, 5.41) is -0.0352. The first kappa shape index (κ1) is 24.1. The zero-order valence-corrected chi connectivity index (χ0v) is 17.5. The van der Waals surface area contributed by atoms with E-state index in [4.69, 9.17) is 0 Å². The molecule has 0 aromatic heterocycles. The van der Waals surface area contributed by atoms with E-state index in [1.165, 1.54) is 89.9 Å². The van der Waals surface area contributed by atoms with Crippen LogP contribution in [-0.4, -0.2) is 14.0 Å². The number of unbranched alkanes of at least 4 members (excludes halogenated alkanes) is 14. The molecule has 0 spiro atoms. The first-order chi connectivity index (χ1) is 11.6. The summed E-state index contributed by atoms with van der Waals surface area (Å²) in [5.41, 5.74) is 0. The maximum Gasteiger partial charge on any atom is 0.156 e. The fourth-order valence-corrected chi connectivity index (χ4v) is 4.22. The van der Waals surface area contributed by atoms with Crippen LogP contribution in [0.25, 0.3) is 0 Å². The molecule has 0 heterocycles. The van der Waals surface area contributed by atoms with Crippen molar-refractivity contribution in [1.82, 2.24) is 0 Å². The maximum atomic E-state index is 11.2. The van der Waals surface area contributed by atoms with Gasteiger partial charge in [0.15, 0.2) is 11.1 Å². The molecule has 0 aromatic carbocycles. The Bertz CT molecular complexity index is 279. The van der Waals surface area contributed by atoms with Gasteiger partial charge in [-0.25, -0.2) is 4.21 Å². The number of hydrogen-bond donors (Lipinski definition) is 1. The van der Waals surface area contributed by atoms with Crippen molar-refractivity contribution in [2.24, 2.45) is 5.92 Å². The summed E-state index contributed by atoms with van der Waals surface area (Å²) in [5.74, 6) is 0.308. The quantitative estimate of drug-likeness (QED) is 0.203. The second-order valence-corrected chi connectivity index (χ2v) is 8.95. The summed E-state index contributed by atoms with van der Waals surface area (Å²) in [6.07, 6.45) is 21.4. The van der Waals surface area contributed by atoms with E-state index < -0.39 is 11.1 Å². The van der Waals surface area contributed by atoms with Crippen LogP contribution in [0.2, 0.25) is 0 Å². The molecule has 0 aliphatic rings. The molecule has 24 heavy (non-hydrogen) atoms. The van der Waals surface area contributed by atoms with Gasteiger partial charge in [-0.1, -0.05) is 117 Å². The van der Waals surface area contributed by atoms with Crippen LogP contribution in [0.15, 0.2) is 0 Å². The average molecular weight is 361 g/mol. The summed E-state index contributed by atoms with van der Waals surface area (Å²) in [4.78, 5) is 0. The molecule has 0 rings (SSSR count). The lowest BCUT2D eigenvalue weighted by atomic mass is 10.0. The Labute approximate surface area is 154 Å². The van der Waals surface area contributed by atoms with Crippen LogP contribution in [0.5, 0.6) is 0 Å². The Morgan fingerprint density at radius 1 is 0.667 bits per heavy atom. The molecule has 0 fully saturated rings. The highest BCUT2D eigenvalue weighted by atomic mass is 32.2. The van der Waals surface area contributed by atoms with Gasteiger partial charge in [0.1, 0.15) is 0 Å². The Morgan fingerprint density at radius 2 is 1.00 bits per heavy atom. The van der Waals surface area contributed by atoms with Gasteiger partial charge >= 0.3 is 0 Å². The molecule has 2 nitrogen and oxygen atoms in total. The van der Waals surface area contributed by atoms with Gasteiger partial charge in [0.25, 0.3) is 0 Å². The predicted octanol–water partition coefficient (Wildman–Crippen LogP) is 7.49. The molecule has 2 atom stereocenters. The van der Waals surface area contributed by atoms with E-state index in [1.54, 1.807) is 0 Å². The normalized spacial score (nSPS) is 14.2. The summed E-state index contributed by atoms with van der Waals surface area (Å²) >= 11 is -1.65.